The van der Waals surface area contributed by atoms with Gasteiger partial charge in [-0.15, -0.1) is 23.1 Å². The van der Waals surface area contributed by atoms with Crippen LogP contribution in [0.1, 0.15) is 0 Å². The van der Waals surface area contributed by atoms with Crippen molar-refractivity contribution in [1.29, 1.82) is 0 Å². The van der Waals surface area contributed by atoms with E-state index >= 15 is 0 Å². The van der Waals surface area contributed by atoms with Crippen molar-refractivity contribution in [3.8, 4) is 11.3 Å². The molecule has 0 aliphatic heterocycles. The molecule has 3 aromatic rings. The van der Waals surface area contributed by atoms with E-state index < -0.39 is 0 Å². The Hall–Kier alpha value is -2.78. The molecule has 0 fully saturated rings. The lowest BCUT2D eigenvalue weighted by atomic mass is 10.2. The summed E-state index contributed by atoms with van der Waals surface area (Å²) in [5.74, 6) is -0.621. The third-order valence-electron chi connectivity index (χ3n) is 3.30. The Balaban J connectivity index is 1.41. The molecule has 1 aromatic carbocycles. The highest BCUT2D eigenvalue weighted by molar-refractivity contribution is 8.00. The minimum atomic E-state index is -0.368. The molecule has 0 aliphatic rings. The van der Waals surface area contributed by atoms with Gasteiger partial charge in [-0.25, -0.2) is 9.37 Å². The average Bonchev–Trinajstić information content (AvgIpc) is 3.13. The molecule has 0 atom stereocenters. The van der Waals surface area contributed by atoms with Crippen molar-refractivity contribution in [2.45, 2.75) is 0 Å². The number of aromatic nitrogens is 2. The molecule has 3 rings (SSSR count). The lowest BCUT2D eigenvalue weighted by Gasteiger charge is -2.05. The number of thiazole rings is 1. The maximum absolute atomic E-state index is 12.8. The summed E-state index contributed by atoms with van der Waals surface area (Å²) in [6.45, 7) is 0. The van der Waals surface area contributed by atoms with E-state index in [0.29, 0.717) is 10.8 Å². The molecule has 2 heterocycles. The highest BCUT2D eigenvalue weighted by atomic mass is 32.2. The van der Waals surface area contributed by atoms with Gasteiger partial charge in [-0.3, -0.25) is 14.6 Å². The Labute approximate surface area is 163 Å². The molecule has 6 nitrogen and oxygen atoms in total. The zero-order chi connectivity index (χ0) is 19.1. The third-order valence-corrected chi connectivity index (χ3v) is 4.99. The van der Waals surface area contributed by atoms with E-state index in [1.54, 1.807) is 12.4 Å². The van der Waals surface area contributed by atoms with Crippen molar-refractivity contribution < 1.29 is 14.0 Å². The smallest absolute Gasteiger partial charge is 0.236 e. The number of rotatable bonds is 7. The second-order valence-electron chi connectivity index (χ2n) is 5.38. The van der Waals surface area contributed by atoms with Crippen LogP contribution in [0.15, 0.2) is 54.2 Å². The first kappa shape index (κ1) is 19.0. The molecule has 0 radical (unpaired) electrons. The molecular weight excluding hydrogens is 387 g/mol. The second-order valence-corrected chi connectivity index (χ2v) is 7.22. The van der Waals surface area contributed by atoms with Gasteiger partial charge in [-0.05, 0) is 36.4 Å². The van der Waals surface area contributed by atoms with E-state index in [1.165, 1.54) is 47.4 Å². The topological polar surface area (TPSA) is 84.0 Å². The van der Waals surface area contributed by atoms with Crippen LogP contribution in [-0.2, 0) is 9.59 Å². The lowest BCUT2D eigenvalue weighted by Crippen LogP contribution is -2.18. The molecule has 2 aromatic heterocycles. The van der Waals surface area contributed by atoms with Crippen LogP contribution >= 0.6 is 23.1 Å². The van der Waals surface area contributed by atoms with Crippen LogP contribution < -0.4 is 10.6 Å². The summed E-state index contributed by atoms with van der Waals surface area (Å²) in [7, 11) is 0. The van der Waals surface area contributed by atoms with Crippen LogP contribution in [0.5, 0.6) is 0 Å². The van der Waals surface area contributed by atoms with Crippen LogP contribution in [0.2, 0.25) is 0 Å². The van der Waals surface area contributed by atoms with E-state index in [4.69, 9.17) is 0 Å². The number of nitrogens with one attached hydrogen (secondary N) is 2. The first-order valence-electron chi connectivity index (χ1n) is 7.89. The molecule has 2 N–H and O–H groups in total. The fraction of sp³-hybridized carbons (Fsp3) is 0.111. The summed E-state index contributed by atoms with van der Waals surface area (Å²) in [5.41, 5.74) is 2.13. The maximum Gasteiger partial charge on any atom is 0.236 e. The van der Waals surface area contributed by atoms with Gasteiger partial charge in [0, 0.05) is 29.0 Å². The maximum atomic E-state index is 12.8. The Morgan fingerprint density at radius 2 is 1.81 bits per heavy atom. The molecule has 2 amide bonds. The quantitative estimate of drug-likeness (QED) is 0.630. The molecule has 0 aliphatic carbocycles. The second kappa shape index (κ2) is 9.24. The van der Waals surface area contributed by atoms with Crippen LogP contribution in [-0.4, -0.2) is 33.3 Å². The number of hydrogen-bond donors (Lipinski definition) is 2. The number of carbonyl (C=O) groups excluding carboxylic acids is 2. The fourth-order valence-corrected chi connectivity index (χ4v) is 3.45. The number of anilines is 2. The van der Waals surface area contributed by atoms with Crippen molar-refractivity contribution in [3.63, 3.8) is 0 Å². The number of thioether (sulfide) groups is 1. The normalized spacial score (nSPS) is 10.4. The lowest BCUT2D eigenvalue weighted by molar-refractivity contribution is -0.114. The van der Waals surface area contributed by atoms with Crippen LogP contribution in [0.4, 0.5) is 15.2 Å². The summed E-state index contributed by atoms with van der Waals surface area (Å²) < 4.78 is 12.8. The summed E-state index contributed by atoms with van der Waals surface area (Å²) in [6.07, 6.45) is 3.39. The SMILES string of the molecule is O=C(CSCC(=O)Nc1nc(-c2cccnc2)cs1)Nc1ccc(F)cc1. The molecule has 0 unspecified atom stereocenters. The zero-order valence-electron chi connectivity index (χ0n) is 14.0. The van der Waals surface area contributed by atoms with E-state index in [9.17, 15) is 14.0 Å². The van der Waals surface area contributed by atoms with Crippen LogP contribution in [0, 0.1) is 5.82 Å². The van der Waals surface area contributed by atoms with Gasteiger partial charge in [0.25, 0.3) is 0 Å². The fourth-order valence-electron chi connectivity index (χ4n) is 2.10. The summed E-state index contributed by atoms with van der Waals surface area (Å²) >= 11 is 2.51. The third kappa shape index (κ3) is 5.87. The number of amides is 2. The summed E-state index contributed by atoms with van der Waals surface area (Å²) in [6, 6.07) is 9.21. The van der Waals surface area contributed by atoms with Crippen molar-refractivity contribution >= 4 is 45.7 Å². The predicted octanol–water partition coefficient (Wildman–Crippen LogP) is 3.65. The minimum absolute atomic E-state index is 0.115. The van der Waals surface area contributed by atoms with Gasteiger partial charge in [-0.2, -0.15) is 0 Å². The van der Waals surface area contributed by atoms with E-state index in [2.05, 4.69) is 20.6 Å². The zero-order valence-corrected chi connectivity index (χ0v) is 15.6. The highest BCUT2D eigenvalue weighted by Crippen LogP contribution is 2.24. The van der Waals surface area contributed by atoms with E-state index in [1.807, 2.05) is 17.5 Å². The predicted molar refractivity (Wildman–Crippen MR) is 106 cm³/mol. The number of carbonyl (C=O) groups is 2. The summed E-state index contributed by atoms with van der Waals surface area (Å²) in [5, 5.41) is 7.69. The van der Waals surface area contributed by atoms with Gasteiger partial charge in [0.15, 0.2) is 5.13 Å². The number of pyridine rings is 1. The van der Waals surface area contributed by atoms with Gasteiger partial charge >= 0.3 is 0 Å². The van der Waals surface area contributed by atoms with Crippen LogP contribution in [0.3, 0.4) is 0 Å². The van der Waals surface area contributed by atoms with Crippen molar-refractivity contribution in [2.75, 3.05) is 22.1 Å². The Morgan fingerprint density at radius 1 is 1.07 bits per heavy atom. The van der Waals surface area contributed by atoms with Crippen LogP contribution in [0.25, 0.3) is 11.3 Å². The number of hydrogen-bond acceptors (Lipinski definition) is 6. The van der Waals surface area contributed by atoms with Gasteiger partial charge in [-0.1, -0.05) is 0 Å². The molecule has 9 heteroatoms. The first-order valence-corrected chi connectivity index (χ1v) is 9.92. The van der Waals surface area contributed by atoms with Gasteiger partial charge in [0.1, 0.15) is 5.82 Å². The number of benzene rings is 1. The summed E-state index contributed by atoms with van der Waals surface area (Å²) in [4.78, 5) is 32.2. The Kier molecular flexibility index (Phi) is 6.50. The molecule has 0 saturated carbocycles. The molecule has 0 saturated heterocycles. The number of nitrogens with zero attached hydrogens (tertiary/aromatic N) is 2. The van der Waals surface area contributed by atoms with Crippen molar-refractivity contribution in [1.82, 2.24) is 9.97 Å². The van der Waals surface area contributed by atoms with Gasteiger partial charge < -0.3 is 10.6 Å². The Morgan fingerprint density at radius 3 is 2.52 bits per heavy atom. The van der Waals surface area contributed by atoms with Gasteiger partial charge in [0.2, 0.25) is 11.8 Å². The molecular formula is C18H15FN4O2S2. The standard InChI is InChI=1S/C18H15FN4O2S2/c19-13-3-5-14(6-4-13)21-16(24)10-26-11-17(25)23-18-22-15(9-27-18)12-2-1-7-20-8-12/h1-9H,10-11H2,(H,21,24)(H,22,23,25). The van der Waals surface area contributed by atoms with Crippen molar-refractivity contribution in [2.24, 2.45) is 0 Å². The Bertz CT molecular complexity index is 917. The molecule has 138 valence electrons. The van der Waals surface area contributed by atoms with E-state index in [0.717, 1.165) is 11.3 Å². The van der Waals surface area contributed by atoms with Crippen molar-refractivity contribution in [3.05, 3.63) is 60.0 Å². The average molecular weight is 402 g/mol. The highest BCUT2D eigenvalue weighted by Gasteiger charge is 2.10. The molecule has 0 bridgehead atoms. The molecule has 0 spiro atoms. The number of halogens is 1. The van der Waals surface area contributed by atoms with Gasteiger partial charge in [0.05, 0.1) is 17.2 Å². The molecule has 27 heavy (non-hydrogen) atoms. The first-order chi connectivity index (χ1) is 13.1. The minimum Gasteiger partial charge on any atom is -0.325 e. The largest absolute Gasteiger partial charge is 0.325 e. The monoisotopic (exact) mass is 402 g/mol. The van der Waals surface area contributed by atoms with E-state index in [-0.39, 0.29) is 29.1 Å².